The van der Waals surface area contributed by atoms with Gasteiger partial charge in [-0.1, -0.05) is 38.1 Å². The summed E-state index contributed by atoms with van der Waals surface area (Å²) in [6.45, 7) is 8.27. The molecule has 0 aliphatic heterocycles. The highest BCUT2D eigenvalue weighted by Gasteiger charge is 2.33. The van der Waals surface area contributed by atoms with Crippen LogP contribution in [0.4, 0.5) is 5.69 Å². The van der Waals surface area contributed by atoms with Crippen molar-refractivity contribution in [3.63, 3.8) is 0 Å². The van der Waals surface area contributed by atoms with E-state index in [-0.39, 0.29) is 17.3 Å². The molecule has 2 amide bonds. The van der Waals surface area contributed by atoms with Crippen LogP contribution in [0.2, 0.25) is 0 Å². The lowest BCUT2D eigenvalue weighted by atomic mass is 10.1. The quantitative estimate of drug-likeness (QED) is 0.223. The minimum atomic E-state index is -4.15. The number of carbonyl (C=O) groups is 2. The van der Waals surface area contributed by atoms with Gasteiger partial charge in [-0.25, -0.2) is 8.42 Å². The van der Waals surface area contributed by atoms with Crippen molar-refractivity contribution in [3.05, 3.63) is 83.9 Å². The van der Waals surface area contributed by atoms with E-state index >= 15 is 0 Å². The summed E-state index contributed by atoms with van der Waals surface area (Å²) < 4.78 is 34.8. The highest BCUT2D eigenvalue weighted by molar-refractivity contribution is 7.98. The van der Waals surface area contributed by atoms with Gasteiger partial charge >= 0.3 is 0 Å². The van der Waals surface area contributed by atoms with Crippen LogP contribution in [0, 0.1) is 6.92 Å². The van der Waals surface area contributed by atoms with Crippen molar-refractivity contribution in [3.8, 4) is 5.75 Å². The molecule has 0 bridgehead atoms. The zero-order valence-electron chi connectivity index (χ0n) is 25.0. The molecule has 0 aromatic heterocycles. The molecule has 0 unspecified atom stereocenters. The summed E-state index contributed by atoms with van der Waals surface area (Å²) in [5.74, 6) is -0.145. The number of thioether (sulfide) groups is 1. The molecule has 0 saturated carbocycles. The van der Waals surface area contributed by atoms with Crippen molar-refractivity contribution in [2.45, 2.75) is 62.9 Å². The highest BCUT2D eigenvalue weighted by atomic mass is 32.2. The van der Waals surface area contributed by atoms with Crippen molar-refractivity contribution in [2.24, 2.45) is 0 Å². The van der Waals surface area contributed by atoms with E-state index in [1.54, 1.807) is 48.5 Å². The topological polar surface area (TPSA) is 96.0 Å². The molecule has 0 spiro atoms. The molecule has 0 aliphatic rings. The number of nitrogens with one attached hydrogen (secondary N) is 1. The molecule has 3 aromatic rings. The minimum Gasteiger partial charge on any atom is -0.494 e. The second-order valence-electron chi connectivity index (χ2n) is 9.78. The van der Waals surface area contributed by atoms with Gasteiger partial charge in [0.15, 0.2) is 0 Å². The lowest BCUT2D eigenvalue weighted by Crippen LogP contribution is -2.52. The van der Waals surface area contributed by atoms with Gasteiger partial charge in [-0.2, -0.15) is 0 Å². The summed E-state index contributed by atoms with van der Waals surface area (Å²) in [4.78, 5) is 29.9. The maximum absolute atomic E-state index is 14.2. The van der Waals surface area contributed by atoms with E-state index in [2.05, 4.69) is 5.32 Å². The predicted octanol–water partition coefficient (Wildman–Crippen LogP) is 5.64. The number of hydrogen-bond donors (Lipinski definition) is 1. The number of anilines is 1. The first-order valence-electron chi connectivity index (χ1n) is 14.2. The molecule has 3 aromatic carbocycles. The molecule has 3 rings (SSSR count). The average Bonchev–Trinajstić information content (AvgIpc) is 3.00. The monoisotopic (exact) mass is 611 g/mol. The molecule has 226 valence electrons. The van der Waals surface area contributed by atoms with Gasteiger partial charge < -0.3 is 15.0 Å². The number of nitrogens with zero attached hydrogens (tertiary/aromatic N) is 2. The molecular formula is C32H41N3O5S2. The molecule has 42 heavy (non-hydrogen) atoms. The van der Waals surface area contributed by atoms with Gasteiger partial charge in [-0.15, -0.1) is 11.8 Å². The molecule has 0 heterocycles. The van der Waals surface area contributed by atoms with Gasteiger partial charge in [-0.05, 0) is 92.6 Å². The van der Waals surface area contributed by atoms with E-state index < -0.39 is 28.5 Å². The van der Waals surface area contributed by atoms with Gasteiger partial charge in [0.2, 0.25) is 11.8 Å². The fourth-order valence-electron chi connectivity index (χ4n) is 4.54. The number of rotatable bonds is 15. The maximum atomic E-state index is 14.2. The van der Waals surface area contributed by atoms with Crippen LogP contribution in [0.15, 0.2) is 82.6 Å². The summed E-state index contributed by atoms with van der Waals surface area (Å²) in [6.07, 6.45) is 3.05. The number of carbonyl (C=O) groups excluding carboxylic acids is 2. The van der Waals surface area contributed by atoms with Crippen LogP contribution in [-0.4, -0.2) is 57.1 Å². The summed E-state index contributed by atoms with van der Waals surface area (Å²) in [6, 6.07) is 20.1. The van der Waals surface area contributed by atoms with Crippen molar-refractivity contribution >= 4 is 39.3 Å². The fraction of sp³-hybridized carbons (Fsp3) is 0.375. The Morgan fingerprint density at radius 3 is 2.19 bits per heavy atom. The predicted molar refractivity (Wildman–Crippen MR) is 169 cm³/mol. The van der Waals surface area contributed by atoms with Crippen molar-refractivity contribution in [1.82, 2.24) is 10.2 Å². The van der Waals surface area contributed by atoms with Gasteiger partial charge in [-0.3, -0.25) is 13.9 Å². The van der Waals surface area contributed by atoms with Crippen LogP contribution in [0.25, 0.3) is 0 Å². The number of ether oxygens (including phenoxy) is 1. The first-order valence-corrected chi connectivity index (χ1v) is 16.8. The SMILES string of the molecule is CCCNC(=O)[C@@H](CC)N(Cc1ccccc1C)C(=O)CN(c1ccc(OCC)cc1)S(=O)(=O)c1ccc(SC)cc1. The third kappa shape index (κ3) is 8.29. The molecule has 0 fully saturated rings. The zero-order chi connectivity index (χ0) is 30.7. The Bertz CT molecular complexity index is 1430. The molecule has 8 nitrogen and oxygen atoms in total. The molecule has 10 heteroatoms. The van der Waals surface area contributed by atoms with E-state index in [1.165, 1.54) is 16.7 Å². The number of benzene rings is 3. The summed E-state index contributed by atoms with van der Waals surface area (Å²) >= 11 is 1.51. The number of amides is 2. The van der Waals surface area contributed by atoms with Crippen molar-refractivity contribution in [2.75, 3.05) is 30.3 Å². The summed E-state index contributed by atoms with van der Waals surface area (Å²) in [5, 5.41) is 2.91. The Hall–Kier alpha value is -3.50. The smallest absolute Gasteiger partial charge is 0.264 e. The van der Waals surface area contributed by atoms with Gasteiger partial charge in [0.05, 0.1) is 17.2 Å². The first kappa shape index (κ1) is 33.0. The van der Waals surface area contributed by atoms with Crippen LogP contribution in [0.5, 0.6) is 5.75 Å². The van der Waals surface area contributed by atoms with Crippen molar-refractivity contribution in [1.29, 1.82) is 0 Å². The van der Waals surface area contributed by atoms with E-state index in [0.717, 1.165) is 26.7 Å². The van der Waals surface area contributed by atoms with Crippen LogP contribution < -0.4 is 14.4 Å². The number of hydrogen-bond acceptors (Lipinski definition) is 6. The van der Waals surface area contributed by atoms with Crippen LogP contribution in [0.1, 0.15) is 44.7 Å². The Kier molecular flexibility index (Phi) is 12.3. The lowest BCUT2D eigenvalue weighted by Gasteiger charge is -2.33. The van der Waals surface area contributed by atoms with E-state index in [9.17, 15) is 18.0 Å². The Morgan fingerprint density at radius 2 is 1.62 bits per heavy atom. The fourth-order valence-corrected chi connectivity index (χ4v) is 6.36. The maximum Gasteiger partial charge on any atom is 0.264 e. The second-order valence-corrected chi connectivity index (χ2v) is 12.5. The largest absolute Gasteiger partial charge is 0.494 e. The van der Waals surface area contributed by atoms with E-state index in [1.807, 2.05) is 58.2 Å². The van der Waals surface area contributed by atoms with E-state index in [4.69, 9.17) is 4.74 Å². The van der Waals surface area contributed by atoms with Gasteiger partial charge in [0.1, 0.15) is 18.3 Å². The molecule has 1 atom stereocenters. The molecular weight excluding hydrogens is 571 g/mol. The van der Waals surface area contributed by atoms with Gasteiger partial charge in [0, 0.05) is 18.0 Å². The number of aryl methyl sites for hydroxylation is 1. The summed E-state index contributed by atoms with van der Waals surface area (Å²) in [7, 11) is -4.15. The van der Waals surface area contributed by atoms with Crippen LogP contribution in [-0.2, 0) is 26.2 Å². The number of sulfonamides is 1. The van der Waals surface area contributed by atoms with Crippen LogP contribution >= 0.6 is 11.8 Å². The minimum absolute atomic E-state index is 0.0696. The van der Waals surface area contributed by atoms with Crippen molar-refractivity contribution < 1.29 is 22.7 Å². The second kappa shape index (κ2) is 15.7. The van der Waals surface area contributed by atoms with E-state index in [0.29, 0.717) is 31.0 Å². The Labute approximate surface area is 254 Å². The lowest BCUT2D eigenvalue weighted by molar-refractivity contribution is -0.140. The average molecular weight is 612 g/mol. The Balaban J connectivity index is 2.07. The molecule has 0 radical (unpaired) electrons. The molecule has 1 N–H and O–H groups in total. The summed E-state index contributed by atoms with van der Waals surface area (Å²) in [5.41, 5.74) is 2.18. The highest BCUT2D eigenvalue weighted by Crippen LogP contribution is 2.28. The first-order chi connectivity index (χ1) is 20.2. The van der Waals surface area contributed by atoms with Crippen LogP contribution in [0.3, 0.4) is 0 Å². The molecule has 0 saturated heterocycles. The molecule has 0 aliphatic carbocycles. The van der Waals surface area contributed by atoms with Gasteiger partial charge in [0.25, 0.3) is 10.0 Å². The normalized spacial score (nSPS) is 11.9. The standard InChI is InChI=1S/C32H41N3O5S2/c1-6-21-33-32(37)30(7-2)34(22-25-12-10-9-11-24(25)4)31(36)23-35(26-13-15-27(16-14-26)40-8-3)42(38,39)29-19-17-28(41-5)18-20-29/h9-20,30H,6-8,21-23H2,1-5H3,(H,33,37)/t30-/m1/s1. The Morgan fingerprint density at radius 1 is 0.952 bits per heavy atom. The third-order valence-corrected chi connectivity index (χ3v) is 9.43. The zero-order valence-corrected chi connectivity index (χ0v) is 26.6. The third-order valence-electron chi connectivity index (χ3n) is 6.90.